The van der Waals surface area contributed by atoms with Crippen molar-refractivity contribution in [2.45, 2.75) is 0 Å². The number of nitrogens with one attached hydrogen (secondary N) is 2. The van der Waals surface area contributed by atoms with Gasteiger partial charge in [0.25, 0.3) is 0 Å². The summed E-state index contributed by atoms with van der Waals surface area (Å²) in [6.45, 7) is 0.546. The van der Waals surface area contributed by atoms with Crippen LogP contribution >= 0.6 is 11.6 Å². The highest BCUT2D eigenvalue weighted by atomic mass is 35.5. The Kier molecular flexibility index (Phi) is 3.88. The molecule has 1 heterocycles. The predicted octanol–water partition coefficient (Wildman–Crippen LogP) is 0.418. The monoisotopic (exact) mass is 228 g/mol. The van der Waals surface area contributed by atoms with E-state index in [1.165, 1.54) is 4.57 Å². The standard InChI is InChI=1S/C9H13ClN4O/c1-13(4-5-15)7-2-3-8(11)14(6-7)9(10)12/h2-3,6,11-12,15H,4-5H2,1H3. The highest BCUT2D eigenvalue weighted by Gasteiger charge is 2.03. The van der Waals surface area contributed by atoms with Gasteiger partial charge in [0, 0.05) is 19.8 Å². The molecule has 0 spiro atoms. The zero-order chi connectivity index (χ0) is 11.4. The van der Waals surface area contributed by atoms with E-state index in [4.69, 9.17) is 27.5 Å². The molecule has 0 aliphatic rings. The van der Waals surface area contributed by atoms with Gasteiger partial charge < -0.3 is 10.0 Å². The lowest BCUT2D eigenvalue weighted by Gasteiger charge is -2.18. The Morgan fingerprint density at radius 1 is 1.60 bits per heavy atom. The van der Waals surface area contributed by atoms with Crippen molar-refractivity contribution >= 4 is 22.6 Å². The lowest BCUT2D eigenvalue weighted by molar-refractivity contribution is 0.304. The van der Waals surface area contributed by atoms with E-state index in [9.17, 15) is 0 Å². The number of hydrogen-bond acceptors (Lipinski definition) is 4. The number of aliphatic hydroxyl groups excluding tert-OH is 1. The minimum absolute atomic E-state index is 0.0530. The van der Waals surface area contributed by atoms with Crippen molar-refractivity contribution in [2.75, 3.05) is 25.1 Å². The van der Waals surface area contributed by atoms with Gasteiger partial charge in [-0.2, -0.15) is 0 Å². The third-order valence-electron chi connectivity index (χ3n) is 2.02. The maximum Gasteiger partial charge on any atom is 0.201 e. The van der Waals surface area contributed by atoms with Crippen LogP contribution in [0.1, 0.15) is 0 Å². The van der Waals surface area contributed by atoms with Gasteiger partial charge in [-0.25, -0.2) is 0 Å². The Hall–Kier alpha value is -1.33. The Morgan fingerprint density at radius 2 is 2.27 bits per heavy atom. The first kappa shape index (κ1) is 11.7. The van der Waals surface area contributed by atoms with E-state index in [-0.39, 0.29) is 17.4 Å². The molecule has 0 bridgehead atoms. The number of rotatable bonds is 3. The molecule has 0 fully saturated rings. The third kappa shape index (κ3) is 2.81. The van der Waals surface area contributed by atoms with E-state index < -0.39 is 0 Å². The van der Waals surface area contributed by atoms with E-state index in [0.717, 1.165) is 5.69 Å². The van der Waals surface area contributed by atoms with Crippen molar-refractivity contribution in [3.05, 3.63) is 23.8 Å². The second kappa shape index (κ2) is 4.95. The lowest BCUT2D eigenvalue weighted by Crippen LogP contribution is -2.26. The number of nitrogens with zero attached hydrogens (tertiary/aromatic N) is 2. The van der Waals surface area contributed by atoms with E-state index in [1.807, 2.05) is 11.9 Å². The number of hydrogen-bond donors (Lipinski definition) is 3. The molecule has 0 aliphatic carbocycles. The Labute approximate surface area is 92.5 Å². The molecule has 0 aliphatic heterocycles. The van der Waals surface area contributed by atoms with Crippen molar-refractivity contribution < 1.29 is 5.11 Å². The molecule has 0 atom stereocenters. The molecule has 3 N–H and O–H groups in total. The van der Waals surface area contributed by atoms with Gasteiger partial charge in [0.05, 0.1) is 12.3 Å². The van der Waals surface area contributed by atoms with Crippen LogP contribution in [-0.4, -0.2) is 35.2 Å². The molecular weight excluding hydrogens is 216 g/mol. The summed E-state index contributed by atoms with van der Waals surface area (Å²) >= 11 is 5.52. The lowest BCUT2D eigenvalue weighted by atomic mass is 10.3. The molecule has 5 nitrogen and oxygen atoms in total. The predicted molar refractivity (Wildman–Crippen MR) is 59.6 cm³/mol. The Bertz CT molecular complexity index is 415. The van der Waals surface area contributed by atoms with Gasteiger partial charge in [-0.1, -0.05) is 0 Å². The molecule has 15 heavy (non-hydrogen) atoms. The maximum atomic E-state index is 8.78. The molecule has 1 rings (SSSR count). The molecule has 0 saturated heterocycles. The second-order valence-corrected chi connectivity index (χ2v) is 3.44. The molecular formula is C9H13ClN4O. The van der Waals surface area contributed by atoms with E-state index in [0.29, 0.717) is 6.54 Å². The van der Waals surface area contributed by atoms with Crippen LogP contribution in [0.25, 0.3) is 0 Å². The van der Waals surface area contributed by atoms with Crippen LogP contribution in [0.5, 0.6) is 0 Å². The number of aromatic nitrogens is 1. The van der Waals surface area contributed by atoms with Crippen LogP contribution in [0.3, 0.4) is 0 Å². The van der Waals surface area contributed by atoms with Crippen molar-refractivity contribution in [1.82, 2.24) is 4.57 Å². The summed E-state index contributed by atoms with van der Waals surface area (Å²) in [6.07, 6.45) is 1.59. The van der Waals surface area contributed by atoms with Crippen molar-refractivity contribution in [1.29, 1.82) is 10.8 Å². The van der Waals surface area contributed by atoms with E-state index >= 15 is 0 Å². The zero-order valence-corrected chi connectivity index (χ0v) is 9.12. The summed E-state index contributed by atoms with van der Waals surface area (Å²) in [5.41, 5.74) is 0.946. The minimum atomic E-state index is -0.223. The molecule has 0 amide bonds. The van der Waals surface area contributed by atoms with Gasteiger partial charge in [-0.3, -0.25) is 15.4 Å². The highest BCUT2D eigenvalue weighted by Crippen LogP contribution is 2.08. The maximum absolute atomic E-state index is 8.78. The first-order valence-electron chi connectivity index (χ1n) is 4.40. The molecule has 1 aromatic heterocycles. The van der Waals surface area contributed by atoms with Gasteiger partial charge in [-0.05, 0) is 23.7 Å². The second-order valence-electron chi connectivity index (χ2n) is 3.08. The average Bonchev–Trinajstić information content (AvgIpc) is 2.18. The minimum Gasteiger partial charge on any atom is -0.395 e. The highest BCUT2D eigenvalue weighted by molar-refractivity contribution is 6.64. The van der Waals surface area contributed by atoms with Crippen LogP contribution in [0.4, 0.5) is 5.69 Å². The summed E-state index contributed by atoms with van der Waals surface area (Å²) in [5, 5.41) is 23.3. The SMILES string of the molecule is CN(CCO)c1ccc(=N)n(C(=N)Cl)c1. The molecule has 0 radical (unpaired) electrons. The van der Waals surface area contributed by atoms with E-state index in [1.54, 1.807) is 18.3 Å². The van der Waals surface area contributed by atoms with Gasteiger partial charge in [-0.15, -0.1) is 0 Å². The van der Waals surface area contributed by atoms with Crippen LogP contribution in [0.15, 0.2) is 18.3 Å². The molecule has 6 heteroatoms. The van der Waals surface area contributed by atoms with Crippen LogP contribution < -0.4 is 10.4 Å². The summed E-state index contributed by atoms with van der Waals surface area (Å²) in [7, 11) is 1.82. The van der Waals surface area contributed by atoms with Gasteiger partial charge in [0.2, 0.25) is 5.29 Å². The van der Waals surface area contributed by atoms with Crippen molar-refractivity contribution in [2.24, 2.45) is 0 Å². The summed E-state index contributed by atoms with van der Waals surface area (Å²) in [4.78, 5) is 1.82. The zero-order valence-electron chi connectivity index (χ0n) is 8.37. The van der Waals surface area contributed by atoms with Gasteiger partial charge >= 0.3 is 0 Å². The largest absolute Gasteiger partial charge is 0.395 e. The topological polar surface area (TPSA) is 76.1 Å². The van der Waals surface area contributed by atoms with Crippen molar-refractivity contribution in [3.8, 4) is 0 Å². The smallest absolute Gasteiger partial charge is 0.201 e. The fraction of sp³-hybridized carbons (Fsp3) is 0.333. The fourth-order valence-electron chi connectivity index (χ4n) is 1.16. The molecule has 0 saturated carbocycles. The summed E-state index contributed by atoms with van der Waals surface area (Å²) < 4.78 is 1.25. The molecule has 0 aromatic carbocycles. The average molecular weight is 229 g/mol. The number of aliphatic hydroxyl groups is 1. The molecule has 82 valence electrons. The number of halogens is 1. The number of pyridine rings is 1. The Morgan fingerprint density at radius 3 is 2.80 bits per heavy atom. The van der Waals surface area contributed by atoms with Crippen molar-refractivity contribution in [3.63, 3.8) is 0 Å². The normalized spacial score (nSPS) is 10.1. The first-order chi connectivity index (χ1) is 7.06. The first-order valence-corrected chi connectivity index (χ1v) is 4.77. The van der Waals surface area contributed by atoms with Gasteiger partial charge in [0.1, 0.15) is 5.49 Å². The Balaban J connectivity index is 3.07. The number of likely N-dealkylation sites (N-methyl/N-ethyl adjacent to an activating group) is 1. The van der Waals surface area contributed by atoms with E-state index in [2.05, 4.69) is 0 Å². The summed E-state index contributed by atoms with van der Waals surface area (Å²) in [6, 6.07) is 3.30. The molecule has 0 unspecified atom stereocenters. The fourth-order valence-corrected chi connectivity index (χ4v) is 1.30. The third-order valence-corrected chi connectivity index (χ3v) is 2.20. The van der Waals surface area contributed by atoms with Crippen LogP contribution in [0.2, 0.25) is 0 Å². The van der Waals surface area contributed by atoms with Crippen LogP contribution in [-0.2, 0) is 0 Å². The number of anilines is 1. The van der Waals surface area contributed by atoms with Gasteiger partial charge in [0.15, 0.2) is 0 Å². The van der Waals surface area contributed by atoms with Crippen LogP contribution in [0, 0.1) is 10.8 Å². The summed E-state index contributed by atoms with van der Waals surface area (Å²) in [5.74, 6) is 0. The molecule has 1 aromatic rings. The quantitative estimate of drug-likeness (QED) is 0.518.